The van der Waals surface area contributed by atoms with Crippen LogP contribution in [0.25, 0.3) is 11.2 Å². The molecule has 3 heterocycles. The third-order valence-electron chi connectivity index (χ3n) is 8.98. The van der Waals surface area contributed by atoms with Gasteiger partial charge in [-0.05, 0) is 25.2 Å². The van der Waals surface area contributed by atoms with E-state index in [-0.39, 0.29) is 35.9 Å². The molecule has 304 valence electrons. The molecule has 23 nitrogen and oxygen atoms in total. The van der Waals surface area contributed by atoms with Crippen LogP contribution >= 0.6 is 45.1 Å². The van der Waals surface area contributed by atoms with Crippen LogP contribution in [0.3, 0.4) is 0 Å². The Morgan fingerprint density at radius 2 is 1.80 bits per heavy atom. The first kappa shape index (κ1) is 43.4. The highest BCUT2D eigenvalue weighted by Crippen LogP contribution is 2.78. The minimum Gasteiger partial charge on any atom is -0.386 e. The number of fused-ring (bicyclic) bond motifs is 2. The van der Waals surface area contributed by atoms with Crippen molar-refractivity contribution in [3.63, 3.8) is 0 Å². The maximum Gasteiger partial charge on any atom is 0.481 e. The van der Waals surface area contributed by atoms with Gasteiger partial charge in [-0.3, -0.25) is 27.7 Å². The summed E-state index contributed by atoms with van der Waals surface area (Å²) in [6.45, 7) is 3.19. The number of aliphatic hydroxyl groups excluding tert-OH is 2. The van der Waals surface area contributed by atoms with Crippen LogP contribution in [0.15, 0.2) is 12.7 Å². The zero-order valence-electron chi connectivity index (χ0n) is 28.9. The molecule has 0 bridgehead atoms. The molecule has 10 N–H and O–H groups in total. The number of phosphoric ester groups is 3. The van der Waals surface area contributed by atoms with Crippen molar-refractivity contribution in [1.29, 1.82) is 0 Å². The fourth-order valence-electron chi connectivity index (χ4n) is 5.64. The van der Waals surface area contributed by atoms with Crippen LogP contribution < -0.4 is 16.4 Å². The van der Waals surface area contributed by atoms with E-state index in [0.717, 1.165) is 34.8 Å². The van der Waals surface area contributed by atoms with Crippen molar-refractivity contribution in [1.82, 2.24) is 30.2 Å². The quantitative estimate of drug-likeness (QED) is 0.0459. The summed E-state index contributed by atoms with van der Waals surface area (Å²) >= 11 is 0. The van der Waals surface area contributed by atoms with E-state index in [9.17, 15) is 53.1 Å². The van der Waals surface area contributed by atoms with E-state index in [1.54, 1.807) is 10.8 Å². The molecule has 5 unspecified atom stereocenters. The molecular weight excluding hydrogens is 823 g/mol. The molecule has 54 heavy (non-hydrogen) atoms. The minimum absolute atomic E-state index is 0.0331. The first-order valence-electron chi connectivity index (χ1n) is 16.2. The van der Waals surface area contributed by atoms with Crippen LogP contribution in [-0.4, -0.2) is 122 Å². The largest absolute Gasteiger partial charge is 0.481 e. The lowest BCUT2D eigenvalue weighted by Crippen LogP contribution is -2.46. The first-order chi connectivity index (χ1) is 25.0. The maximum absolute atomic E-state index is 12.7. The molecule has 2 aliphatic carbocycles. The van der Waals surface area contributed by atoms with Gasteiger partial charge < -0.3 is 50.9 Å². The summed E-state index contributed by atoms with van der Waals surface area (Å²) in [6, 6.07) is 0. The lowest BCUT2D eigenvalue weighted by atomic mass is 9.87. The van der Waals surface area contributed by atoms with E-state index in [1.165, 1.54) is 20.3 Å². The van der Waals surface area contributed by atoms with Gasteiger partial charge in [-0.1, -0.05) is 35.4 Å². The summed E-state index contributed by atoms with van der Waals surface area (Å²) < 4.78 is 62.5. The molecule has 0 radical (unpaired) electrons. The number of hydrogen-bond acceptors (Lipinski definition) is 18. The van der Waals surface area contributed by atoms with Crippen molar-refractivity contribution in [3.05, 3.63) is 12.7 Å². The fourth-order valence-corrected chi connectivity index (χ4v) is 11.7. The van der Waals surface area contributed by atoms with Crippen molar-refractivity contribution in [2.24, 2.45) is 17.3 Å². The van der Waals surface area contributed by atoms with Gasteiger partial charge in [0.15, 0.2) is 17.7 Å². The molecular formula is C26H42N7O16P3S2. The van der Waals surface area contributed by atoms with Gasteiger partial charge in [0.05, 0.1) is 19.5 Å². The number of hydrogen-bond donors (Lipinski definition) is 9. The number of imidazole rings is 1. The Bertz CT molecular complexity index is 1850. The smallest absolute Gasteiger partial charge is 0.386 e. The van der Waals surface area contributed by atoms with Crippen molar-refractivity contribution < 1.29 is 75.7 Å². The standard InChI is InChI=1S/C26H42N7O16P3S2/c1-25(2,20(36)23(37)29-5-4-16(34)28-6-7-53-54-26(3)13-8-14(13)26)10-46-52(43,44)49-51(41,42)45-9-15-19(48-50(38,39)40)18(35)24(47-15)33-12-32-17-21(27)30-11-31-22(17)33/h11-15,18-20,24,35-36H,4-10H2,1-3H3,(H,28,34)(H,29,37)(H,41,42)(H,43,44)(H2,27,30,31)(H2,38,39,40)/t13?,14?,15-,18+,19?,20-,24-,26?/m1/s1. The number of anilines is 1. The number of nitrogen functional groups attached to an aromatic ring is 1. The summed E-state index contributed by atoms with van der Waals surface area (Å²) in [5.74, 6) is 1.14. The summed E-state index contributed by atoms with van der Waals surface area (Å²) in [5.41, 5.74) is 4.33. The van der Waals surface area contributed by atoms with Crippen LogP contribution in [0.4, 0.5) is 5.82 Å². The van der Waals surface area contributed by atoms with Gasteiger partial charge in [0, 0.05) is 35.4 Å². The molecule has 1 saturated heterocycles. The number of phosphoric acid groups is 3. The molecule has 2 amide bonds. The molecule has 9 atom stereocenters. The minimum atomic E-state index is -5.54. The molecule has 5 rings (SSSR count). The third-order valence-corrected chi connectivity index (χ3v) is 15.5. The summed E-state index contributed by atoms with van der Waals surface area (Å²) in [5, 5.41) is 26.6. The zero-order valence-corrected chi connectivity index (χ0v) is 33.3. The Morgan fingerprint density at radius 3 is 2.44 bits per heavy atom. The van der Waals surface area contributed by atoms with Crippen molar-refractivity contribution in [3.8, 4) is 0 Å². The van der Waals surface area contributed by atoms with Gasteiger partial charge in [-0.2, -0.15) is 4.31 Å². The Balaban J connectivity index is 1.06. The number of carbonyl (C=O) groups excluding carboxylic acids is 2. The zero-order chi connectivity index (χ0) is 39.9. The van der Waals surface area contributed by atoms with E-state index >= 15 is 0 Å². The summed E-state index contributed by atoms with van der Waals surface area (Å²) in [6.07, 6.45) is -5.37. The average Bonchev–Trinajstić information content (AvgIpc) is 3.91. The number of nitrogens with one attached hydrogen (secondary N) is 2. The van der Waals surface area contributed by atoms with E-state index in [1.807, 2.05) is 10.8 Å². The molecule has 3 aliphatic rings. The second-order valence-electron chi connectivity index (χ2n) is 13.6. The van der Waals surface area contributed by atoms with Gasteiger partial charge in [-0.15, -0.1) is 0 Å². The van der Waals surface area contributed by atoms with E-state index in [2.05, 4.69) is 41.3 Å². The first-order valence-corrected chi connectivity index (χ1v) is 23.1. The molecule has 2 aromatic heterocycles. The molecule has 2 aromatic rings. The summed E-state index contributed by atoms with van der Waals surface area (Å²) in [7, 11) is -12.8. The third kappa shape index (κ3) is 10.8. The molecule has 0 aromatic carbocycles. The summed E-state index contributed by atoms with van der Waals surface area (Å²) in [4.78, 5) is 75.6. The van der Waals surface area contributed by atoms with Crippen molar-refractivity contribution in [2.75, 3.05) is 37.8 Å². The SMILES string of the molecule is CC1(SSCCNC(=O)CCNC(=O)[C@@H](O)C(C)(C)COP(=O)(O)OP(=O)(O)OC[C@H]2O[C@@H](n3cnc4c(N)ncnc43)[C@@H](O)C2OP(=O)(O)O)C2CC21. The Labute approximate surface area is 315 Å². The maximum atomic E-state index is 12.7. The highest BCUT2D eigenvalue weighted by molar-refractivity contribution is 8.77. The van der Waals surface area contributed by atoms with Crippen LogP contribution in [0.5, 0.6) is 0 Å². The number of carbonyl (C=O) groups is 2. The normalized spacial score (nSPS) is 29.2. The van der Waals surface area contributed by atoms with Gasteiger partial charge in [0.25, 0.3) is 0 Å². The number of nitrogens with two attached hydrogens (primary N) is 1. The Morgan fingerprint density at radius 1 is 1.11 bits per heavy atom. The fraction of sp³-hybridized carbons (Fsp3) is 0.731. The molecule has 2 saturated carbocycles. The van der Waals surface area contributed by atoms with E-state index < -0.39 is 78.6 Å². The predicted octanol–water partition coefficient (Wildman–Crippen LogP) is 0.195. The van der Waals surface area contributed by atoms with Crippen molar-refractivity contribution in [2.45, 2.75) is 69.0 Å². The number of ether oxygens (including phenoxy) is 1. The second-order valence-corrected chi connectivity index (χ2v) is 20.7. The Hall–Kier alpha value is -1.76. The molecule has 0 spiro atoms. The number of rotatable bonds is 21. The second kappa shape index (κ2) is 16.6. The average molecular weight is 866 g/mol. The highest BCUT2D eigenvalue weighted by atomic mass is 33.1. The van der Waals surface area contributed by atoms with Crippen LogP contribution in [0.2, 0.25) is 0 Å². The number of aliphatic hydroxyl groups is 2. The monoisotopic (exact) mass is 865 g/mol. The Kier molecular flexibility index (Phi) is 13.3. The predicted molar refractivity (Wildman–Crippen MR) is 190 cm³/mol. The molecule has 3 fully saturated rings. The molecule has 1 aliphatic heterocycles. The van der Waals surface area contributed by atoms with Gasteiger partial charge >= 0.3 is 23.5 Å². The molecule has 28 heteroatoms. The van der Waals surface area contributed by atoms with E-state index in [0.29, 0.717) is 11.3 Å². The lowest BCUT2D eigenvalue weighted by Gasteiger charge is -2.30. The highest BCUT2D eigenvalue weighted by Gasteiger charge is 2.74. The lowest BCUT2D eigenvalue weighted by molar-refractivity contribution is -0.137. The number of amides is 2. The van der Waals surface area contributed by atoms with Gasteiger partial charge in [-0.25, -0.2) is 28.6 Å². The van der Waals surface area contributed by atoms with Crippen LogP contribution in [0.1, 0.15) is 39.8 Å². The van der Waals surface area contributed by atoms with Gasteiger partial charge in [0.1, 0.15) is 36.3 Å². The number of aromatic nitrogens is 4. The van der Waals surface area contributed by atoms with Crippen molar-refractivity contribution >= 4 is 73.9 Å². The van der Waals surface area contributed by atoms with E-state index in [4.69, 9.17) is 19.5 Å². The van der Waals surface area contributed by atoms with Gasteiger partial charge in [0.2, 0.25) is 11.8 Å². The topological polar surface area (TPSA) is 347 Å². The van der Waals surface area contributed by atoms with Crippen LogP contribution in [0, 0.1) is 17.3 Å². The van der Waals surface area contributed by atoms with Crippen LogP contribution in [-0.2, 0) is 45.9 Å². The number of nitrogens with zero attached hydrogens (tertiary/aromatic N) is 4.